The number of aromatic nitrogens is 1. The Morgan fingerprint density at radius 2 is 1.60 bits per heavy atom. The summed E-state index contributed by atoms with van der Waals surface area (Å²) >= 11 is 0. The second-order valence-corrected chi connectivity index (χ2v) is 15.5. The number of pyridine rings is 1. The predicted molar refractivity (Wildman–Crippen MR) is 214 cm³/mol. The molecule has 57 heavy (non-hydrogen) atoms. The fourth-order valence-corrected chi connectivity index (χ4v) is 6.78. The van der Waals surface area contributed by atoms with Gasteiger partial charge < -0.3 is 40.1 Å². The Labute approximate surface area is 335 Å². The summed E-state index contributed by atoms with van der Waals surface area (Å²) in [7, 11) is 2.79. The number of nitrogens with zero attached hydrogens (tertiary/aromatic N) is 4. The van der Waals surface area contributed by atoms with Crippen molar-refractivity contribution in [3.8, 4) is 5.75 Å². The third-order valence-electron chi connectivity index (χ3n) is 10.2. The average Bonchev–Trinajstić information content (AvgIpc) is 3.54. The van der Waals surface area contributed by atoms with E-state index in [2.05, 4.69) is 21.0 Å². The van der Waals surface area contributed by atoms with E-state index in [-0.39, 0.29) is 44.6 Å². The molecule has 1 fully saturated rings. The van der Waals surface area contributed by atoms with E-state index in [1.54, 1.807) is 52.3 Å². The number of nitrogens with one attached hydrogen (secondary N) is 3. The number of benzene rings is 2. The van der Waals surface area contributed by atoms with E-state index in [1.165, 1.54) is 7.11 Å². The number of methoxy groups -OCH3 is 2. The number of hydrogen-bond donors (Lipinski definition) is 5. The van der Waals surface area contributed by atoms with Crippen LogP contribution in [-0.4, -0.2) is 112 Å². The van der Waals surface area contributed by atoms with Gasteiger partial charge in [0.15, 0.2) is 0 Å². The minimum atomic E-state index is -1.22. The van der Waals surface area contributed by atoms with Crippen molar-refractivity contribution < 1.29 is 38.9 Å². The molecular weight excluding hydrogens is 731 g/mol. The maximum atomic E-state index is 14.5. The summed E-state index contributed by atoms with van der Waals surface area (Å²) in [6.45, 7) is 10.1. The molecule has 0 aliphatic carbocycles. The van der Waals surface area contributed by atoms with E-state index in [0.29, 0.717) is 36.6 Å². The number of carbonyl (C=O) groups is 4. The van der Waals surface area contributed by atoms with Crippen molar-refractivity contribution in [2.75, 3.05) is 33.9 Å². The van der Waals surface area contributed by atoms with E-state index in [1.807, 2.05) is 77.1 Å². The standard InChI is InChI=1S/C42H59N7O8/c1-8-28(2)36(49-22-21-47(41(49)55)25-31-15-12-16-32(27-50)43-31)38(52)44-34(23-29-13-10-9-11-14-29)35(51)26-48(24-30-17-19-33(56-6)20-18-30)46-39(53)37(42(3,4)5)45-40(54)57-7/h9-20,28,34-37,50-51H,8,21-27H2,1-7H3,(H,44,52)(H,45,54)(H,46,53)/t28-,34-,35-,36-,37+/m0/s1. The number of urea groups is 1. The first kappa shape index (κ1) is 44.5. The third-order valence-corrected chi connectivity index (χ3v) is 10.2. The number of rotatable bonds is 19. The summed E-state index contributed by atoms with van der Waals surface area (Å²) < 4.78 is 10.1. The van der Waals surface area contributed by atoms with Gasteiger partial charge in [0.25, 0.3) is 5.91 Å². The zero-order valence-electron chi connectivity index (χ0n) is 34.1. The highest BCUT2D eigenvalue weighted by molar-refractivity contribution is 5.88. The van der Waals surface area contributed by atoms with Gasteiger partial charge in [-0.05, 0) is 53.1 Å². The Morgan fingerprint density at radius 1 is 0.912 bits per heavy atom. The molecule has 1 aliphatic rings. The number of aliphatic hydroxyl groups is 2. The van der Waals surface area contributed by atoms with E-state index in [4.69, 9.17) is 9.47 Å². The summed E-state index contributed by atoms with van der Waals surface area (Å²) in [4.78, 5) is 62.1. The second-order valence-electron chi connectivity index (χ2n) is 15.5. The fourth-order valence-electron chi connectivity index (χ4n) is 6.78. The monoisotopic (exact) mass is 789 g/mol. The Kier molecular flexibility index (Phi) is 16.2. The molecule has 0 bridgehead atoms. The topological polar surface area (TPSA) is 186 Å². The van der Waals surface area contributed by atoms with Crippen LogP contribution in [0.25, 0.3) is 0 Å². The lowest BCUT2D eigenvalue weighted by molar-refractivity contribution is -0.132. The maximum Gasteiger partial charge on any atom is 0.407 e. The molecule has 0 saturated carbocycles. The largest absolute Gasteiger partial charge is 0.497 e. The smallest absolute Gasteiger partial charge is 0.407 e. The Morgan fingerprint density at radius 3 is 2.21 bits per heavy atom. The number of amides is 5. The van der Waals surface area contributed by atoms with Crippen LogP contribution >= 0.6 is 0 Å². The van der Waals surface area contributed by atoms with Gasteiger partial charge in [-0.1, -0.05) is 89.6 Å². The van der Waals surface area contributed by atoms with Gasteiger partial charge in [0.05, 0.1) is 50.9 Å². The van der Waals surface area contributed by atoms with Crippen LogP contribution in [0.3, 0.4) is 0 Å². The van der Waals surface area contributed by atoms with Gasteiger partial charge in [0.1, 0.15) is 17.8 Å². The van der Waals surface area contributed by atoms with Crippen LogP contribution in [0.15, 0.2) is 72.8 Å². The van der Waals surface area contributed by atoms with Crippen molar-refractivity contribution in [2.45, 2.75) is 91.4 Å². The van der Waals surface area contributed by atoms with Crippen LogP contribution in [-0.2, 0) is 40.4 Å². The molecule has 4 rings (SSSR count). The highest BCUT2D eigenvalue weighted by Crippen LogP contribution is 2.24. The predicted octanol–water partition coefficient (Wildman–Crippen LogP) is 3.63. The molecule has 0 radical (unpaired) electrons. The van der Waals surface area contributed by atoms with Gasteiger partial charge in [-0.15, -0.1) is 0 Å². The first-order valence-corrected chi connectivity index (χ1v) is 19.3. The zero-order valence-corrected chi connectivity index (χ0v) is 34.1. The molecule has 3 aromatic rings. The molecule has 2 heterocycles. The number of ether oxygens (including phenoxy) is 2. The SMILES string of the molecule is CC[C@H](C)[C@@H](C(=O)N[C@@H](Cc1ccccc1)[C@@H](O)CN(Cc1ccc(OC)cc1)NC(=O)[C@@H](NC(=O)OC)C(C)(C)C)N1CCN(Cc2cccc(CO)n2)C1=O. The van der Waals surface area contributed by atoms with Gasteiger partial charge in [0, 0.05) is 26.2 Å². The highest BCUT2D eigenvalue weighted by atomic mass is 16.5. The van der Waals surface area contributed by atoms with E-state index in [9.17, 15) is 29.4 Å². The van der Waals surface area contributed by atoms with Crippen LogP contribution in [0.4, 0.5) is 9.59 Å². The molecule has 15 heteroatoms. The van der Waals surface area contributed by atoms with Gasteiger partial charge in [-0.2, -0.15) is 0 Å². The maximum absolute atomic E-state index is 14.5. The quantitative estimate of drug-likeness (QED) is 0.112. The molecule has 15 nitrogen and oxygen atoms in total. The molecule has 0 unspecified atom stereocenters. The Balaban J connectivity index is 1.61. The van der Waals surface area contributed by atoms with Gasteiger partial charge in [-0.25, -0.2) is 14.6 Å². The number of alkyl carbamates (subject to hydrolysis) is 1. The van der Waals surface area contributed by atoms with Crippen LogP contribution in [0.5, 0.6) is 5.75 Å². The van der Waals surface area contributed by atoms with Crippen molar-refractivity contribution in [3.05, 3.63) is 95.3 Å². The summed E-state index contributed by atoms with van der Waals surface area (Å²) in [6.07, 6.45) is -1.11. The number of carbonyl (C=O) groups excluding carboxylic acids is 4. The summed E-state index contributed by atoms with van der Waals surface area (Å²) in [5.74, 6) is -0.495. The Hall–Kier alpha value is -5.25. The van der Waals surface area contributed by atoms with Crippen molar-refractivity contribution in [2.24, 2.45) is 11.3 Å². The summed E-state index contributed by atoms with van der Waals surface area (Å²) in [6, 6.07) is 19.0. The molecule has 0 spiro atoms. The lowest BCUT2D eigenvalue weighted by atomic mass is 9.86. The van der Waals surface area contributed by atoms with Crippen molar-refractivity contribution >= 4 is 23.9 Å². The minimum Gasteiger partial charge on any atom is -0.497 e. The average molecular weight is 790 g/mol. The minimum absolute atomic E-state index is 0.116. The van der Waals surface area contributed by atoms with Crippen LogP contribution in [0, 0.1) is 11.3 Å². The van der Waals surface area contributed by atoms with Gasteiger partial charge in [0.2, 0.25) is 5.91 Å². The van der Waals surface area contributed by atoms with Gasteiger partial charge >= 0.3 is 12.1 Å². The van der Waals surface area contributed by atoms with E-state index in [0.717, 1.165) is 11.1 Å². The summed E-state index contributed by atoms with van der Waals surface area (Å²) in [5, 5.41) is 28.9. The van der Waals surface area contributed by atoms with Crippen molar-refractivity contribution in [1.82, 2.24) is 35.9 Å². The molecule has 5 N–H and O–H groups in total. The molecule has 1 aromatic heterocycles. The first-order valence-electron chi connectivity index (χ1n) is 19.3. The van der Waals surface area contributed by atoms with Crippen molar-refractivity contribution in [3.63, 3.8) is 0 Å². The molecule has 2 aromatic carbocycles. The molecule has 1 aliphatic heterocycles. The lowest BCUT2D eigenvalue weighted by Crippen LogP contribution is -2.60. The van der Waals surface area contributed by atoms with E-state index < -0.39 is 47.6 Å². The molecular formula is C42H59N7O8. The number of aliphatic hydroxyl groups excluding tert-OH is 2. The second kappa shape index (κ2) is 20.8. The number of hydrogen-bond acceptors (Lipinski definition) is 10. The molecule has 5 atom stereocenters. The van der Waals surface area contributed by atoms with Crippen molar-refractivity contribution in [1.29, 1.82) is 0 Å². The summed E-state index contributed by atoms with van der Waals surface area (Å²) in [5.41, 5.74) is 5.00. The first-order chi connectivity index (χ1) is 27.2. The molecule has 5 amide bonds. The normalized spacial score (nSPS) is 15.7. The Bertz CT molecular complexity index is 1770. The van der Waals surface area contributed by atoms with Crippen LogP contribution < -0.4 is 20.8 Å². The molecule has 1 saturated heterocycles. The highest BCUT2D eigenvalue weighted by Gasteiger charge is 2.41. The number of hydrazine groups is 1. The molecule has 310 valence electrons. The van der Waals surface area contributed by atoms with E-state index >= 15 is 0 Å². The van der Waals surface area contributed by atoms with Crippen LogP contribution in [0.2, 0.25) is 0 Å². The lowest BCUT2D eigenvalue weighted by Gasteiger charge is -2.36. The van der Waals surface area contributed by atoms with Gasteiger partial charge in [-0.3, -0.25) is 20.0 Å². The zero-order chi connectivity index (χ0) is 41.7. The third kappa shape index (κ3) is 12.6. The van der Waals surface area contributed by atoms with Crippen LogP contribution in [0.1, 0.15) is 63.6 Å². The fraction of sp³-hybridized carbons (Fsp3) is 0.500.